The van der Waals surface area contributed by atoms with E-state index in [2.05, 4.69) is 4.98 Å². The Balaban J connectivity index is 2.48. The zero-order chi connectivity index (χ0) is 15.6. The summed E-state index contributed by atoms with van der Waals surface area (Å²) >= 11 is 0. The molecule has 1 aromatic carbocycles. The molecule has 1 N–H and O–H groups in total. The SMILES string of the molecule is Cc1cc(C(=O)O)cc(Oc2c(C)cccc2[N+](=O)[O-])n1. The molecule has 1 aromatic heterocycles. The van der Waals surface area contributed by atoms with Crippen LogP contribution < -0.4 is 4.74 Å². The average Bonchev–Trinajstić information content (AvgIpc) is 2.40. The Bertz CT molecular complexity index is 727. The molecule has 7 nitrogen and oxygen atoms in total. The second-order valence-corrected chi connectivity index (χ2v) is 4.42. The van der Waals surface area contributed by atoms with Crippen LogP contribution in [0.15, 0.2) is 30.3 Å². The molecule has 0 saturated heterocycles. The molecule has 0 aliphatic rings. The molecule has 1 heterocycles. The summed E-state index contributed by atoms with van der Waals surface area (Å²) in [5.41, 5.74) is 0.814. The minimum Gasteiger partial charge on any atom is -0.478 e. The number of carbonyl (C=O) groups is 1. The van der Waals surface area contributed by atoms with Gasteiger partial charge in [0.25, 0.3) is 0 Å². The van der Waals surface area contributed by atoms with E-state index in [4.69, 9.17) is 9.84 Å². The molecule has 2 rings (SSSR count). The fraction of sp³-hybridized carbons (Fsp3) is 0.143. The van der Waals surface area contributed by atoms with Crippen molar-refractivity contribution >= 4 is 11.7 Å². The van der Waals surface area contributed by atoms with E-state index in [-0.39, 0.29) is 22.9 Å². The van der Waals surface area contributed by atoms with Crippen molar-refractivity contribution in [2.45, 2.75) is 13.8 Å². The first-order valence-corrected chi connectivity index (χ1v) is 6.02. The zero-order valence-electron chi connectivity index (χ0n) is 11.4. The van der Waals surface area contributed by atoms with E-state index in [1.807, 2.05) is 0 Å². The number of carboxylic acids is 1. The van der Waals surface area contributed by atoms with Crippen molar-refractivity contribution in [3.63, 3.8) is 0 Å². The standard InChI is InChI=1S/C14H12N2O5/c1-8-4-3-5-11(16(19)20)13(8)21-12-7-10(14(17)18)6-9(2)15-12/h3-7H,1-2H3,(H,17,18). The number of nitro benzene ring substituents is 1. The summed E-state index contributed by atoms with van der Waals surface area (Å²) < 4.78 is 5.46. The summed E-state index contributed by atoms with van der Waals surface area (Å²) in [6.45, 7) is 3.28. The van der Waals surface area contributed by atoms with E-state index in [0.717, 1.165) is 0 Å². The van der Waals surface area contributed by atoms with Gasteiger partial charge < -0.3 is 9.84 Å². The third-order valence-corrected chi connectivity index (χ3v) is 2.77. The number of carboxylic acid groups (broad SMARTS) is 1. The van der Waals surface area contributed by atoms with Crippen LogP contribution in [0.4, 0.5) is 5.69 Å². The van der Waals surface area contributed by atoms with Crippen LogP contribution in [0.3, 0.4) is 0 Å². The molecule has 2 aromatic rings. The van der Waals surface area contributed by atoms with Gasteiger partial charge in [-0.25, -0.2) is 9.78 Å². The van der Waals surface area contributed by atoms with Gasteiger partial charge in [-0.15, -0.1) is 0 Å². The van der Waals surface area contributed by atoms with Gasteiger partial charge in [-0.2, -0.15) is 0 Å². The van der Waals surface area contributed by atoms with Crippen molar-refractivity contribution in [2.24, 2.45) is 0 Å². The predicted molar refractivity (Wildman–Crippen MR) is 73.8 cm³/mol. The van der Waals surface area contributed by atoms with Crippen LogP contribution in [0.1, 0.15) is 21.6 Å². The highest BCUT2D eigenvalue weighted by molar-refractivity contribution is 5.88. The number of aryl methyl sites for hydroxylation is 2. The molecule has 0 aliphatic heterocycles. The highest BCUT2D eigenvalue weighted by Crippen LogP contribution is 2.33. The molecule has 0 saturated carbocycles. The molecule has 0 radical (unpaired) electrons. The smallest absolute Gasteiger partial charge is 0.335 e. The quantitative estimate of drug-likeness (QED) is 0.685. The summed E-state index contributed by atoms with van der Waals surface area (Å²) in [5.74, 6) is -1.06. The molecule has 0 spiro atoms. The van der Waals surface area contributed by atoms with Crippen LogP contribution in [0.25, 0.3) is 0 Å². The summed E-state index contributed by atoms with van der Waals surface area (Å²) in [7, 11) is 0. The molecule has 0 atom stereocenters. The molecule has 0 fully saturated rings. The van der Waals surface area contributed by atoms with Crippen molar-refractivity contribution < 1.29 is 19.6 Å². The Hall–Kier alpha value is -2.96. The molecule has 7 heteroatoms. The van der Waals surface area contributed by atoms with Crippen molar-refractivity contribution in [1.29, 1.82) is 0 Å². The lowest BCUT2D eigenvalue weighted by Gasteiger charge is -2.09. The maximum atomic E-state index is 11.0. The van der Waals surface area contributed by atoms with Crippen LogP contribution in [0, 0.1) is 24.0 Å². The number of ether oxygens (including phenoxy) is 1. The first-order valence-electron chi connectivity index (χ1n) is 6.02. The van der Waals surface area contributed by atoms with Crippen LogP contribution in [0.2, 0.25) is 0 Å². The Morgan fingerprint density at radius 2 is 2.05 bits per heavy atom. The minimum atomic E-state index is -1.12. The average molecular weight is 288 g/mol. The summed E-state index contributed by atoms with van der Waals surface area (Å²) in [4.78, 5) is 25.5. The van der Waals surface area contributed by atoms with Gasteiger partial charge in [-0.3, -0.25) is 10.1 Å². The zero-order valence-corrected chi connectivity index (χ0v) is 11.4. The van der Waals surface area contributed by atoms with Crippen molar-refractivity contribution in [3.05, 3.63) is 57.3 Å². The van der Waals surface area contributed by atoms with Gasteiger partial charge in [0.15, 0.2) is 0 Å². The second-order valence-electron chi connectivity index (χ2n) is 4.42. The lowest BCUT2D eigenvalue weighted by Crippen LogP contribution is -2.01. The summed E-state index contributed by atoms with van der Waals surface area (Å²) in [6.07, 6.45) is 0. The number of rotatable bonds is 4. The number of hydrogen-bond acceptors (Lipinski definition) is 5. The summed E-state index contributed by atoms with van der Waals surface area (Å²) in [5, 5.41) is 20.0. The van der Waals surface area contributed by atoms with Crippen molar-refractivity contribution in [3.8, 4) is 11.6 Å². The van der Waals surface area contributed by atoms with Crippen LogP contribution >= 0.6 is 0 Å². The van der Waals surface area contributed by atoms with Gasteiger partial charge in [-0.05, 0) is 25.5 Å². The van der Waals surface area contributed by atoms with Gasteiger partial charge in [0.2, 0.25) is 11.6 Å². The van der Waals surface area contributed by atoms with Crippen LogP contribution in [-0.2, 0) is 0 Å². The molecular formula is C14H12N2O5. The fourth-order valence-electron chi connectivity index (χ4n) is 1.83. The number of nitro groups is 1. The molecular weight excluding hydrogens is 276 g/mol. The number of pyridine rings is 1. The third-order valence-electron chi connectivity index (χ3n) is 2.77. The Labute approximate surface area is 120 Å². The number of nitrogens with zero attached hydrogens (tertiary/aromatic N) is 2. The Kier molecular flexibility index (Phi) is 3.84. The number of hydrogen-bond donors (Lipinski definition) is 1. The molecule has 21 heavy (non-hydrogen) atoms. The highest BCUT2D eigenvalue weighted by atomic mass is 16.6. The number of aromatic nitrogens is 1. The van der Waals surface area contributed by atoms with Gasteiger partial charge in [0.1, 0.15) is 0 Å². The summed E-state index contributed by atoms with van der Waals surface area (Å²) in [6, 6.07) is 7.14. The monoisotopic (exact) mass is 288 g/mol. The molecule has 0 unspecified atom stereocenters. The maximum Gasteiger partial charge on any atom is 0.335 e. The van der Waals surface area contributed by atoms with E-state index in [9.17, 15) is 14.9 Å². The number of para-hydroxylation sites is 1. The van der Waals surface area contributed by atoms with Crippen molar-refractivity contribution in [2.75, 3.05) is 0 Å². The first-order chi connectivity index (χ1) is 9.88. The lowest BCUT2D eigenvalue weighted by molar-refractivity contribution is -0.385. The topological polar surface area (TPSA) is 103 Å². The van der Waals surface area contributed by atoms with Gasteiger partial charge >= 0.3 is 11.7 Å². The minimum absolute atomic E-state index is 0.00444. The molecule has 0 aliphatic carbocycles. The van der Waals surface area contributed by atoms with E-state index in [1.54, 1.807) is 26.0 Å². The number of benzene rings is 1. The maximum absolute atomic E-state index is 11.0. The van der Waals surface area contributed by atoms with Crippen LogP contribution in [0.5, 0.6) is 11.6 Å². The molecule has 108 valence electrons. The lowest BCUT2D eigenvalue weighted by atomic mass is 10.2. The van der Waals surface area contributed by atoms with Gasteiger partial charge in [0.05, 0.1) is 10.5 Å². The van der Waals surface area contributed by atoms with Gasteiger partial charge in [-0.1, -0.05) is 12.1 Å². The van der Waals surface area contributed by atoms with Gasteiger partial charge in [0, 0.05) is 17.8 Å². The predicted octanol–water partition coefficient (Wildman–Crippen LogP) is 3.10. The second kappa shape index (κ2) is 5.58. The van der Waals surface area contributed by atoms with E-state index in [1.165, 1.54) is 18.2 Å². The van der Waals surface area contributed by atoms with Crippen LogP contribution in [-0.4, -0.2) is 21.0 Å². The highest BCUT2D eigenvalue weighted by Gasteiger charge is 2.19. The molecule has 0 bridgehead atoms. The largest absolute Gasteiger partial charge is 0.478 e. The molecule has 0 amide bonds. The van der Waals surface area contributed by atoms with E-state index < -0.39 is 10.9 Å². The Morgan fingerprint density at radius 1 is 1.33 bits per heavy atom. The van der Waals surface area contributed by atoms with E-state index >= 15 is 0 Å². The van der Waals surface area contributed by atoms with Crippen molar-refractivity contribution in [1.82, 2.24) is 4.98 Å². The Morgan fingerprint density at radius 3 is 2.67 bits per heavy atom. The first kappa shape index (κ1) is 14.4. The normalized spacial score (nSPS) is 10.2. The number of aromatic carboxylic acids is 1. The van der Waals surface area contributed by atoms with E-state index in [0.29, 0.717) is 11.3 Å². The third kappa shape index (κ3) is 3.14. The fourth-order valence-corrected chi connectivity index (χ4v) is 1.83.